The van der Waals surface area contributed by atoms with Gasteiger partial charge in [-0.15, -0.1) is 0 Å². The molecule has 4 aliphatic rings. The number of methoxy groups -OCH3 is 2. The van der Waals surface area contributed by atoms with E-state index in [0.717, 1.165) is 35.8 Å². The van der Waals surface area contributed by atoms with Gasteiger partial charge in [0, 0.05) is 107 Å². The van der Waals surface area contributed by atoms with Crippen LogP contribution in [-0.4, -0.2) is 164 Å². The van der Waals surface area contributed by atoms with Gasteiger partial charge >= 0.3 is 0 Å². The van der Waals surface area contributed by atoms with E-state index in [0.29, 0.717) is 54.4 Å². The molecule has 4 aromatic rings. The van der Waals surface area contributed by atoms with Gasteiger partial charge in [-0.05, 0) is 55.3 Å². The van der Waals surface area contributed by atoms with Gasteiger partial charge in [-0.3, -0.25) is 33.4 Å². The van der Waals surface area contributed by atoms with Gasteiger partial charge in [0.2, 0.25) is 11.8 Å². The second-order valence-corrected chi connectivity index (χ2v) is 21.7. The van der Waals surface area contributed by atoms with Crippen molar-refractivity contribution in [2.45, 2.75) is 34.6 Å². The van der Waals surface area contributed by atoms with Gasteiger partial charge < -0.3 is 53.9 Å². The minimum atomic E-state index is -0.679. The maximum Gasteiger partial charge on any atom is 0.275 e. The highest BCUT2D eigenvalue weighted by Crippen LogP contribution is 2.46. The maximum absolute atomic E-state index is 14.1. The number of aromatic nitrogens is 3. The molecule has 2 N–H and O–H groups in total. The van der Waals surface area contributed by atoms with E-state index < -0.39 is 11.4 Å². The summed E-state index contributed by atoms with van der Waals surface area (Å²) in [6.45, 7) is 10.1. The van der Waals surface area contributed by atoms with E-state index in [1.165, 1.54) is 85.9 Å². The number of nitrogens with one attached hydrogen (secondary N) is 2. The SMILES string of the molecule is C=CC(=O)N1CCN(C(=O)c2cc(SC3=CN(C=CC(=O)N4CCN(C(=O)c5cc(SC6=CN(C)C(NC(=O)c7cnn(C)c7)S6)c(C)cc5OC)CC4)C(NC(=O)c4cocn4)S3)c(C)cc2OC)CC1. The Bertz CT molecular complexity index is 2850. The lowest BCUT2D eigenvalue weighted by molar-refractivity contribution is -0.128. The average molecular weight is 1060 g/mol. The van der Waals surface area contributed by atoms with Crippen molar-refractivity contribution in [1.82, 2.24) is 54.8 Å². The Labute approximate surface area is 433 Å². The molecule has 4 aliphatic heterocycles. The lowest BCUT2D eigenvalue weighted by Gasteiger charge is -2.34. The van der Waals surface area contributed by atoms with Crippen LogP contribution in [0, 0.1) is 13.8 Å². The number of carbonyl (C=O) groups is 6. The maximum atomic E-state index is 14.1. The van der Waals surface area contributed by atoms with Crippen LogP contribution < -0.4 is 20.1 Å². The Morgan fingerprint density at radius 2 is 1.26 bits per heavy atom. The summed E-state index contributed by atoms with van der Waals surface area (Å²) in [6.07, 6.45) is 13.7. The average Bonchev–Trinajstić information content (AvgIpc) is 4.22. The molecule has 2 atom stereocenters. The molecule has 2 unspecified atom stereocenters. The number of hydrogen-bond acceptors (Lipinski definition) is 17. The van der Waals surface area contributed by atoms with Crippen molar-refractivity contribution >= 4 is 82.5 Å². The fourth-order valence-corrected chi connectivity index (χ4v) is 12.7. The molecule has 2 aromatic carbocycles. The van der Waals surface area contributed by atoms with Crippen molar-refractivity contribution in [2.24, 2.45) is 7.05 Å². The third-order valence-electron chi connectivity index (χ3n) is 12.0. The normalized spacial score (nSPS) is 18.0. The van der Waals surface area contributed by atoms with Crippen molar-refractivity contribution in [3.05, 3.63) is 129 Å². The van der Waals surface area contributed by atoms with E-state index in [2.05, 4.69) is 27.3 Å². The number of amides is 6. The number of hydrogen-bond donors (Lipinski definition) is 2. The summed E-state index contributed by atoms with van der Waals surface area (Å²) >= 11 is 5.73. The van der Waals surface area contributed by atoms with Gasteiger partial charge in [0.05, 0.1) is 45.6 Å². The Kier molecular flexibility index (Phi) is 16.3. The highest BCUT2D eigenvalue weighted by molar-refractivity contribution is 8.23. The van der Waals surface area contributed by atoms with Gasteiger partial charge in [0.25, 0.3) is 23.6 Å². The zero-order valence-electron chi connectivity index (χ0n) is 40.4. The fourth-order valence-electron chi connectivity index (χ4n) is 7.97. The number of aryl methyl sites for hydroxylation is 3. The zero-order chi connectivity index (χ0) is 51.2. The second kappa shape index (κ2) is 22.8. The van der Waals surface area contributed by atoms with E-state index >= 15 is 0 Å². The number of nitrogens with zero attached hydrogens (tertiary/aromatic N) is 9. The predicted molar refractivity (Wildman–Crippen MR) is 275 cm³/mol. The Morgan fingerprint density at radius 1 is 0.736 bits per heavy atom. The molecular formula is C48H53N11O9S4. The number of carbonyl (C=O) groups excluding carboxylic acids is 6. The van der Waals surface area contributed by atoms with Crippen molar-refractivity contribution in [3.8, 4) is 11.5 Å². The lowest BCUT2D eigenvalue weighted by Crippen LogP contribution is -2.50. The molecule has 6 heterocycles. The first kappa shape index (κ1) is 51.6. The van der Waals surface area contributed by atoms with E-state index in [1.54, 1.807) is 54.7 Å². The molecule has 8 rings (SSSR count). The number of ether oxygens (including phenoxy) is 2. The lowest BCUT2D eigenvalue weighted by atomic mass is 10.1. The standard InChI is InChI=1S/C48H53N11O9S4/c1-8-39(60)55-11-15-57(16-12-55)45(64)33-22-38(30(3)20-36(33)67-7)70-42-26-59(48(72-42)52-44(63)34-27-68-28-49-34)10-9-40(61)56-13-17-58(18-14-56)46(65)32-21-37(29(2)19-35(32)66-6)69-41-25-53(4)47(71-41)51-43(62)31-23-50-54(5)24-31/h8-10,19-28,47-48H,1,11-18H2,2-7H3,(H,51,62)(H,52,63). The highest BCUT2D eigenvalue weighted by Gasteiger charge is 2.33. The van der Waals surface area contributed by atoms with Gasteiger partial charge in [0.15, 0.2) is 23.1 Å². The minimum Gasteiger partial charge on any atom is -0.496 e. The van der Waals surface area contributed by atoms with Crippen LogP contribution in [0.15, 0.2) is 109 Å². The fraction of sp³-hybridized carbons (Fsp3) is 0.333. The molecule has 0 bridgehead atoms. The molecule has 2 saturated heterocycles. The van der Waals surface area contributed by atoms with Crippen molar-refractivity contribution in [3.63, 3.8) is 0 Å². The summed E-state index contributed by atoms with van der Waals surface area (Å²) in [5.74, 6) is -0.737. The van der Waals surface area contributed by atoms with Crippen LogP contribution >= 0.6 is 47.0 Å². The smallest absolute Gasteiger partial charge is 0.275 e. The molecule has 6 amide bonds. The first-order valence-corrected chi connectivity index (χ1v) is 26.0. The molecule has 2 aromatic heterocycles. The second-order valence-electron chi connectivity index (χ2n) is 16.8. The molecule has 2 fully saturated rings. The van der Waals surface area contributed by atoms with Crippen molar-refractivity contribution < 1.29 is 42.7 Å². The predicted octanol–water partition coefficient (Wildman–Crippen LogP) is 4.95. The molecule has 24 heteroatoms. The number of benzene rings is 2. The Hall–Kier alpha value is -6.76. The number of piperazine rings is 2. The van der Waals surface area contributed by atoms with Crippen LogP contribution in [0.25, 0.3) is 0 Å². The van der Waals surface area contributed by atoms with Crippen molar-refractivity contribution in [1.29, 1.82) is 0 Å². The van der Waals surface area contributed by atoms with Crippen LogP contribution in [0.1, 0.15) is 52.7 Å². The molecule has 0 radical (unpaired) electrons. The topological polar surface area (TPSA) is 208 Å². The van der Waals surface area contributed by atoms with Gasteiger partial charge in [0.1, 0.15) is 17.8 Å². The molecule has 0 spiro atoms. The van der Waals surface area contributed by atoms with Crippen LogP contribution in [0.2, 0.25) is 0 Å². The monoisotopic (exact) mass is 1060 g/mol. The van der Waals surface area contributed by atoms with E-state index in [-0.39, 0.29) is 66.9 Å². The summed E-state index contributed by atoms with van der Waals surface area (Å²) in [5, 5.41) is 10.1. The molecular weight excluding hydrogens is 1000 g/mol. The van der Waals surface area contributed by atoms with Crippen LogP contribution in [0.5, 0.6) is 11.5 Å². The summed E-state index contributed by atoms with van der Waals surface area (Å²) in [5.41, 5.74) is 2.10. The number of rotatable bonds is 15. The Morgan fingerprint density at radius 3 is 1.78 bits per heavy atom. The van der Waals surface area contributed by atoms with Crippen LogP contribution in [-0.2, 0) is 16.6 Å². The quantitative estimate of drug-likeness (QED) is 0.151. The van der Waals surface area contributed by atoms with E-state index in [1.807, 2.05) is 56.4 Å². The summed E-state index contributed by atoms with van der Waals surface area (Å²) < 4.78 is 19.7. The van der Waals surface area contributed by atoms with Crippen LogP contribution in [0.4, 0.5) is 0 Å². The van der Waals surface area contributed by atoms with Gasteiger partial charge in [-0.1, -0.05) is 53.6 Å². The molecule has 0 aliphatic carbocycles. The number of thioether (sulfide) groups is 4. The highest BCUT2D eigenvalue weighted by atomic mass is 32.2. The number of oxazole rings is 1. The molecule has 72 heavy (non-hydrogen) atoms. The van der Waals surface area contributed by atoms with E-state index in [4.69, 9.17) is 13.9 Å². The summed E-state index contributed by atoms with van der Waals surface area (Å²) in [4.78, 5) is 96.0. The first-order valence-electron chi connectivity index (χ1n) is 22.6. The van der Waals surface area contributed by atoms with Crippen molar-refractivity contribution in [2.75, 3.05) is 73.6 Å². The molecule has 20 nitrogen and oxygen atoms in total. The third kappa shape index (κ3) is 11.8. The largest absolute Gasteiger partial charge is 0.496 e. The van der Waals surface area contributed by atoms with Crippen LogP contribution in [0.3, 0.4) is 0 Å². The molecule has 378 valence electrons. The minimum absolute atomic E-state index is 0.0853. The third-order valence-corrected chi connectivity index (χ3v) is 16.9. The van der Waals surface area contributed by atoms with Gasteiger partial charge in [-0.2, -0.15) is 5.10 Å². The molecule has 0 saturated carbocycles. The van der Waals surface area contributed by atoms with E-state index in [9.17, 15) is 28.8 Å². The van der Waals surface area contributed by atoms with Gasteiger partial charge in [-0.25, -0.2) is 4.98 Å². The Balaban J connectivity index is 0.911. The summed E-state index contributed by atoms with van der Waals surface area (Å²) in [6, 6.07) is 7.29. The summed E-state index contributed by atoms with van der Waals surface area (Å²) in [7, 11) is 6.68. The zero-order valence-corrected chi connectivity index (χ0v) is 43.6. The first-order chi connectivity index (χ1) is 34.6.